The van der Waals surface area contributed by atoms with Crippen molar-refractivity contribution in [3.8, 4) is 0 Å². The molecule has 5 nitrogen and oxygen atoms in total. The molecule has 0 radical (unpaired) electrons. The second-order valence-electron chi connectivity index (χ2n) is 4.95. The smallest absolute Gasteiger partial charge is 0.335 e. The number of nitrogens with one attached hydrogen (secondary N) is 2. The monoisotopic (exact) mass is 262 g/mol. The number of carbonyl (C=O) groups excluding carboxylic acids is 1. The number of hydrogen-bond donors (Lipinski definition) is 3. The fourth-order valence-corrected chi connectivity index (χ4v) is 1.95. The van der Waals surface area contributed by atoms with E-state index in [2.05, 4.69) is 10.6 Å². The molecule has 1 aromatic rings. The fraction of sp³-hybridized carbons (Fsp3) is 0.429. The van der Waals surface area contributed by atoms with Crippen LogP contribution >= 0.6 is 0 Å². The van der Waals surface area contributed by atoms with Gasteiger partial charge in [-0.3, -0.25) is 0 Å². The van der Waals surface area contributed by atoms with Gasteiger partial charge in [-0.25, -0.2) is 9.59 Å². The van der Waals surface area contributed by atoms with Crippen molar-refractivity contribution in [2.24, 2.45) is 5.92 Å². The number of carboxylic acid groups (broad SMARTS) is 1. The second kappa shape index (κ2) is 5.73. The lowest BCUT2D eigenvalue weighted by Gasteiger charge is -2.09. The van der Waals surface area contributed by atoms with Gasteiger partial charge in [0.05, 0.1) is 5.56 Å². The topological polar surface area (TPSA) is 78.4 Å². The van der Waals surface area contributed by atoms with Gasteiger partial charge in [-0.15, -0.1) is 0 Å². The number of anilines is 1. The van der Waals surface area contributed by atoms with E-state index in [4.69, 9.17) is 5.11 Å². The Balaban J connectivity index is 1.85. The largest absolute Gasteiger partial charge is 0.478 e. The third-order valence-corrected chi connectivity index (χ3v) is 3.25. The van der Waals surface area contributed by atoms with E-state index in [1.54, 1.807) is 19.1 Å². The number of hydrogen-bond acceptors (Lipinski definition) is 2. The van der Waals surface area contributed by atoms with Crippen molar-refractivity contribution in [3.05, 3.63) is 29.3 Å². The lowest BCUT2D eigenvalue weighted by molar-refractivity contribution is 0.0696. The summed E-state index contributed by atoms with van der Waals surface area (Å²) in [7, 11) is 0. The number of carbonyl (C=O) groups is 2. The van der Waals surface area contributed by atoms with Crippen molar-refractivity contribution >= 4 is 17.7 Å². The maximum atomic E-state index is 11.6. The summed E-state index contributed by atoms with van der Waals surface area (Å²) in [6.07, 6.45) is 3.59. The van der Waals surface area contributed by atoms with Crippen molar-refractivity contribution in [2.75, 3.05) is 11.9 Å². The molecule has 0 heterocycles. The Hall–Kier alpha value is -2.04. The van der Waals surface area contributed by atoms with Crippen molar-refractivity contribution in [1.82, 2.24) is 5.32 Å². The third-order valence-electron chi connectivity index (χ3n) is 3.25. The summed E-state index contributed by atoms with van der Waals surface area (Å²) < 4.78 is 0. The molecule has 0 aromatic heterocycles. The number of rotatable bonds is 5. The number of urea groups is 1. The SMILES string of the molecule is Cc1cc(NC(=O)NCCC2CC2)ccc1C(=O)O. The molecule has 1 saturated carbocycles. The van der Waals surface area contributed by atoms with E-state index in [-0.39, 0.29) is 11.6 Å². The van der Waals surface area contributed by atoms with Crippen molar-refractivity contribution < 1.29 is 14.7 Å². The van der Waals surface area contributed by atoms with E-state index < -0.39 is 5.97 Å². The average Bonchev–Trinajstić information content (AvgIpc) is 3.12. The number of carboxylic acids is 1. The molecule has 19 heavy (non-hydrogen) atoms. The van der Waals surface area contributed by atoms with Crippen LogP contribution in [-0.4, -0.2) is 23.7 Å². The molecule has 0 spiro atoms. The molecule has 1 aliphatic carbocycles. The Labute approximate surface area is 112 Å². The van der Waals surface area contributed by atoms with Gasteiger partial charge >= 0.3 is 12.0 Å². The predicted molar refractivity (Wildman–Crippen MR) is 72.5 cm³/mol. The van der Waals surface area contributed by atoms with E-state index in [1.165, 1.54) is 18.9 Å². The van der Waals surface area contributed by atoms with Crippen molar-refractivity contribution in [3.63, 3.8) is 0 Å². The molecular weight excluding hydrogens is 244 g/mol. The van der Waals surface area contributed by atoms with E-state index in [9.17, 15) is 9.59 Å². The zero-order valence-corrected chi connectivity index (χ0v) is 10.9. The first-order chi connectivity index (χ1) is 9.06. The molecule has 102 valence electrons. The number of aryl methyl sites for hydroxylation is 1. The molecule has 0 saturated heterocycles. The normalized spacial score (nSPS) is 13.9. The summed E-state index contributed by atoms with van der Waals surface area (Å²) in [4.78, 5) is 22.5. The number of aromatic carboxylic acids is 1. The maximum absolute atomic E-state index is 11.6. The van der Waals surface area contributed by atoms with Crippen LogP contribution in [0.3, 0.4) is 0 Å². The molecule has 0 unspecified atom stereocenters. The summed E-state index contributed by atoms with van der Waals surface area (Å²) in [6.45, 7) is 2.39. The van der Waals surface area contributed by atoms with Crippen molar-refractivity contribution in [1.29, 1.82) is 0 Å². The Kier molecular flexibility index (Phi) is 4.04. The minimum absolute atomic E-state index is 0.247. The highest BCUT2D eigenvalue weighted by Gasteiger charge is 2.20. The highest BCUT2D eigenvalue weighted by molar-refractivity contribution is 5.92. The van der Waals surface area contributed by atoms with E-state index in [0.29, 0.717) is 17.8 Å². The molecule has 5 heteroatoms. The number of benzene rings is 1. The van der Waals surface area contributed by atoms with Crippen LogP contribution in [0.2, 0.25) is 0 Å². The average molecular weight is 262 g/mol. The second-order valence-corrected chi connectivity index (χ2v) is 4.95. The van der Waals surface area contributed by atoms with Crippen LogP contribution in [0.15, 0.2) is 18.2 Å². The Morgan fingerprint density at radius 2 is 2.11 bits per heavy atom. The minimum Gasteiger partial charge on any atom is -0.478 e. The van der Waals surface area contributed by atoms with Crippen LogP contribution < -0.4 is 10.6 Å². The van der Waals surface area contributed by atoms with Gasteiger partial charge in [-0.1, -0.05) is 12.8 Å². The lowest BCUT2D eigenvalue weighted by atomic mass is 10.1. The first kappa shape index (κ1) is 13.4. The van der Waals surface area contributed by atoms with Crippen LogP contribution in [0, 0.1) is 12.8 Å². The van der Waals surface area contributed by atoms with E-state index >= 15 is 0 Å². The van der Waals surface area contributed by atoms with Gasteiger partial charge in [0.15, 0.2) is 0 Å². The Morgan fingerprint density at radius 3 is 2.68 bits per heavy atom. The van der Waals surface area contributed by atoms with E-state index in [0.717, 1.165) is 12.3 Å². The van der Waals surface area contributed by atoms with Crippen molar-refractivity contribution in [2.45, 2.75) is 26.2 Å². The molecule has 2 amide bonds. The fourth-order valence-electron chi connectivity index (χ4n) is 1.95. The van der Waals surface area contributed by atoms with Crippen LogP contribution in [-0.2, 0) is 0 Å². The summed E-state index contributed by atoms with van der Waals surface area (Å²) in [6, 6.07) is 4.50. The van der Waals surface area contributed by atoms with Crippen LogP contribution in [0.25, 0.3) is 0 Å². The summed E-state index contributed by atoms with van der Waals surface area (Å²) in [5.74, 6) is -0.171. The van der Waals surface area contributed by atoms with Crippen LogP contribution in [0.5, 0.6) is 0 Å². The molecule has 1 fully saturated rings. The standard InChI is InChI=1S/C14H18N2O3/c1-9-8-11(4-5-12(9)13(17)18)16-14(19)15-7-6-10-2-3-10/h4-5,8,10H,2-3,6-7H2,1H3,(H,17,18)(H2,15,16,19). The van der Waals surface area contributed by atoms with E-state index in [1.807, 2.05) is 0 Å². The first-order valence-electron chi connectivity index (χ1n) is 6.45. The summed E-state index contributed by atoms with van der Waals surface area (Å²) in [5.41, 5.74) is 1.48. The summed E-state index contributed by atoms with van der Waals surface area (Å²) in [5, 5.41) is 14.4. The number of amides is 2. The molecule has 0 atom stereocenters. The first-order valence-corrected chi connectivity index (χ1v) is 6.45. The van der Waals surface area contributed by atoms with Gasteiger partial charge in [-0.2, -0.15) is 0 Å². The zero-order valence-electron chi connectivity index (χ0n) is 10.9. The Bertz CT molecular complexity index is 495. The van der Waals surface area contributed by atoms with Gasteiger partial charge < -0.3 is 15.7 Å². The minimum atomic E-state index is -0.960. The predicted octanol–water partition coefficient (Wildman–Crippen LogP) is 2.61. The molecule has 0 bridgehead atoms. The molecule has 2 rings (SSSR count). The third kappa shape index (κ3) is 3.98. The quantitative estimate of drug-likeness (QED) is 0.763. The van der Waals surface area contributed by atoms with Crippen LogP contribution in [0.1, 0.15) is 35.2 Å². The highest BCUT2D eigenvalue weighted by Crippen LogP contribution is 2.31. The highest BCUT2D eigenvalue weighted by atomic mass is 16.4. The molecular formula is C14H18N2O3. The van der Waals surface area contributed by atoms with Gasteiger partial charge in [0, 0.05) is 12.2 Å². The summed E-state index contributed by atoms with van der Waals surface area (Å²) >= 11 is 0. The molecule has 3 N–H and O–H groups in total. The molecule has 1 aromatic carbocycles. The molecule has 0 aliphatic heterocycles. The van der Waals surface area contributed by atoms with Gasteiger partial charge in [0.2, 0.25) is 0 Å². The molecule has 1 aliphatic rings. The van der Waals surface area contributed by atoms with Gasteiger partial charge in [0.25, 0.3) is 0 Å². The maximum Gasteiger partial charge on any atom is 0.335 e. The zero-order chi connectivity index (χ0) is 13.8. The van der Waals surface area contributed by atoms with Crippen LogP contribution in [0.4, 0.5) is 10.5 Å². The van der Waals surface area contributed by atoms with Gasteiger partial charge in [-0.05, 0) is 43.0 Å². The lowest BCUT2D eigenvalue weighted by Crippen LogP contribution is -2.29. The Morgan fingerprint density at radius 1 is 1.37 bits per heavy atom. The van der Waals surface area contributed by atoms with Gasteiger partial charge in [0.1, 0.15) is 0 Å².